The van der Waals surface area contributed by atoms with Crippen molar-refractivity contribution >= 4 is 40.2 Å². The van der Waals surface area contributed by atoms with E-state index in [2.05, 4.69) is 27.9 Å². The molecule has 0 aliphatic carbocycles. The van der Waals surface area contributed by atoms with Crippen LogP contribution in [0.4, 0.5) is 5.69 Å². The summed E-state index contributed by atoms with van der Waals surface area (Å²) < 4.78 is 5.99. The largest absolute Gasteiger partial charge is 0.497 e. The van der Waals surface area contributed by atoms with Crippen molar-refractivity contribution in [1.82, 2.24) is 0 Å². The summed E-state index contributed by atoms with van der Waals surface area (Å²) in [4.78, 5) is 23.6. The average Bonchev–Trinajstić information content (AvgIpc) is 2.57. The Labute approximate surface area is 154 Å². The number of anilines is 1. The molecule has 2 rings (SSSR count). The summed E-state index contributed by atoms with van der Waals surface area (Å²) in [6.07, 6.45) is 0.213. The fraction of sp³-hybridized carbons (Fsp3) is 0.222. The standard InChI is InChI=1S/C18H18INO4/c1-24-14-8-6-12(7-9-14)10-13(18(22)23)11-17(21)20-16-5-3-2-4-15(16)19/h2-9,13H,10-11H2,1H3,(H,20,21)(H,22,23)/t13-/m1/s1. The predicted molar refractivity (Wildman–Crippen MR) is 100 cm³/mol. The molecule has 24 heavy (non-hydrogen) atoms. The monoisotopic (exact) mass is 439 g/mol. The second kappa shape index (κ2) is 8.68. The van der Waals surface area contributed by atoms with Crippen molar-refractivity contribution < 1.29 is 19.4 Å². The van der Waals surface area contributed by atoms with Gasteiger partial charge in [0.1, 0.15) is 5.75 Å². The summed E-state index contributed by atoms with van der Waals surface area (Å²) in [6, 6.07) is 14.5. The first-order valence-electron chi connectivity index (χ1n) is 7.39. The number of aliphatic carboxylic acids is 1. The third-order valence-electron chi connectivity index (χ3n) is 3.57. The van der Waals surface area contributed by atoms with E-state index in [1.54, 1.807) is 25.3 Å². The topological polar surface area (TPSA) is 75.6 Å². The summed E-state index contributed by atoms with van der Waals surface area (Å²) in [7, 11) is 1.57. The van der Waals surface area contributed by atoms with Crippen molar-refractivity contribution in [3.05, 3.63) is 57.7 Å². The highest BCUT2D eigenvalue weighted by molar-refractivity contribution is 14.1. The van der Waals surface area contributed by atoms with Crippen LogP contribution >= 0.6 is 22.6 Å². The smallest absolute Gasteiger partial charge is 0.307 e. The van der Waals surface area contributed by atoms with Crippen LogP contribution in [0.2, 0.25) is 0 Å². The van der Waals surface area contributed by atoms with E-state index in [9.17, 15) is 14.7 Å². The molecule has 0 saturated heterocycles. The second-order valence-electron chi connectivity index (χ2n) is 5.32. The third kappa shape index (κ3) is 5.23. The molecule has 0 spiro atoms. The number of methoxy groups -OCH3 is 1. The maximum absolute atomic E-state index is 12.2. The first-order valence-corrected chi connectivity index (χ1v) is 8.47. The number of para-hydroxylation sites is 1. The Morgan fingerprint density at radius 1 is 1.17 bits per heavy atom. The molecule has 2 aromatic rings. The van der Waals surface area contributed by atoms with Gasteiger partial charge in [-0.25, -0.2) is 0 Å². The van der Waals surface area contributed by atoms with Crippen molar-refractivity contribution in [2.75, 3.05) is 12.4 Å². The normalized spacial score (nSPS) is 11.6. The molecule has 1 amide bonds. The van der Waals surface area contributed by atoms with E-state index in [4.69, 9.17) is 4.74 Å². The number of amides is 1. The number of carbonyl (C=O) groups is 2. The van der Waals surface area contributed by atoms with Crippen LogP contribution in [0.5, 0.6) is 5.75 Å². The van der Waals surface area contributed by atoms with E-state index >= 15 is 0 Å². The highest BCUT2D eigenvalue weighted by Gasteiger charge is 2.22. The summed E-state index contributed by atoms with van der Waals surface area (Å²) >= 11 is 2.12. The number of hydrogen-bond donors (Lipinski definition) is 2. The number of ether oxygens (including phenoxy) is 1. The molecule has 0 fully saturated rings. The molecule has 6 heteroatoms. The molecule has 0 aromatic heterocycles. The van der Waals surface area contributed by atoms with Gasteiger partial charge >= 0.3 is 5.97 Å². The minimum Gasteiger partial charge on any atom is -0.497 e. The molecule has 5 nitrogen and oxygen atoms in total. The lowest BCUT2D eigenvalue weighted by atomic mass is 9.96. The van der Waals surface area contributed by atoms with Crippen LogP contribution in [0.15, 0.2) is 48.5 Å². The van der Waals surface area contributed by atoms with Crippen LogP contribution in [0.1, 0.15) is 12.0 Å². The Bertz CT molecular complexity index is 715. The Hall–Kier alpha value is -2.09. The Kier molecular flexibility index (Phi) is 6.60. The van der Waals surface area contributed by atoms with Crippen LogP contribution in [-0.2, 0) is 16.0 Å². The maximum Gasteiger partial charge on any atom is 0.307 e. The Morgan fingerprint density at radius 3 is 2.42 bits per heavy atom. The fourth-order valence-corrected chi connectivity index (χ4v) is 2.80. The van der Waals surface area contributed by atoms with Gasteiger partial charge in [-0.3, -0.25) is 9.59 Å². The van der Waals surface area contributed by atoms with Gasteiger partial charge in [-0.1, -0.05) is 24.3 Å². The molecular formula is C18H18INO4. The second-order valence-corrected chi connectivity index (χ2v) is 6.48. The molecule has 0 bridgehead atoms. The number of carbonyl (C=O) groups excluding carboxylic acids is 1. The Morgan fingerprint density at radius 2 is 1.83 bits per heavy atom. The van der Waals surface area contributed by atoms with Gasteiger partial charge < -0.3 is 15.2 Å². The highest BCUT2D eigenvalue weighted by Crippen LogP contribution is 2.20. The predicted octanol–water partition coefficient (Wildman–Crippen LogP) is 3.57. The van der Waals surface area contributed by atoms with E-state index in [1.807, 2.05) is 30.3 Å². The number of carboxylic acid groups (broad SMARTS) is 1. The molecule has 1 atom stereocenters. The molecule has 0 aliphatic rings. The number of benzene rings is 2. The van der Waals surface area contributed by atoms with Gasteiger partial charge in [0, 0.05) is 9.99 Å². The van der Waals surface area contributed by atoms with E-state index in [0.717, 1.165) is 9.13 Å². The number of halogens is 1. The van der Waals surface area contributed by atoms with Gasteiger partial charge in [0.25, 0.3) is 0 Å². The maximum atomic E-state index is 12.2. The van der Waals surface area contributed by atoms with Crippen LogP contribution < -0.4 is 10.1 Å². The van der Waals surface area contributed by atoms with E-state index in [-0.39, 0.29) is 12.3 Å². The average molecular weight is 439 g/mol. The van der Waals surface area contributed by atoms with E-state index < -0.39 is 11.9 Å². The Balaban J connectivity index is 2.01. The number of carboxylic acids is 1. The van der Waals surface area contributed by atoms with Crippen molar-refractivity contribution in [3.63, 3.8) is 0 Å². The van der Waals surface area contributed by atoms with Crippen molar-refractivity contribution in [1.29, 1.82) is 0 Å². The number of rotatable bonds is 7. The molecule has 2 N–H and O–H groups in total. The van der Waals surface area contributed by atoms with Gasteiger partial charge in [0.05, 0.1) is 18.7 Å². The summed E-state index contributed by atoms with van der Waals surface area (Å²) in [5, 5.41) is 12.2. The number of hydrogen-bond acceptors (Lipinski definition) is 3. The van der Waals surface area contributed by atoms with Crippen molar-refractivity contribution in [3.8, 4) is 5.75 Å². The van der Waals surface area contributed by atoms with Gasteiger partial charge in [-0.15, -0.1) is 0 Å². The van der Waals surface area contributed by atoms with Crippen molar-refractivity contribution in [2.24, 2.45) is 5.92 Å². The molecule has 2 aromatic carbocycles. The lowest BCUT2D eigenvalue weighted by Crippen LogP contribution is -2.24. The fourth-order valence-electron chi connectivity index (χ4n) is 2.28. The summed E-state index contributed by atoms with van der Waals surface area (Å²) in [5.41, 5.74) is 1.54. The first-order chi connectivity index (χ1) is 11.5. The molecule has 0 radical (unpaired) electrons. The summed E-state index contributed by atoms with van der Waals surface area (Å²) in [5.74, 6) is -1.36. The zero-order valence-corrected chi connectivity index (χ0v) is 15.3. The third-order valence-corrected chi connectivity index (χ3v) is 4.51. The molecular weight excluding hydrogens is 421 g/mol. The number of nitrogens with one attached hydrogen (secondary N) is 1. The minimum absolute atomic E-state index is 0.0770. The van der Waals surface area contributed by atoms with Crippen LogP contribution in [0.3, 0.4) is 0 Å². The van der Waals surface area contributed by atoms with Crippen LogP contribution in [-0.4, -0.2) is 24.1 Å². The van der Waals surface area contributed by atoms with Crippen LogP contribution in [0, 0.1) is 9.49 Å². The van der Waals surface area contributed by atoms with Gasteiger partial charge in [0.15, 0.2) is 0 Å². The van der Waals surface area contributed by atoms with E-state index in [0.29, 0.717) is 17.9 Å². The van der Waals surface area contributed by atoms with Crippen molar-refractivity contribution in [2.45, 2.75) is 12.8 Å². The molecule has 126 valence electrons. The first kappa shape index (κ1) is 18.3. The molecule has 0 heterocycles. The quantitative estimate of drug-likeness (QED) is 0.647. The zero-order chi connectivity index (χ0) is 17.5. The minimum atomic E-state index is -0.983. The summed E-state index contributed by atoms with van der Waals surface area (Å²) in [6.45, 7) is 0. The van der Waals surface area contributed by atoms with Gasteiger partial charge in [-0.05, 0) is 58.8 Å². The van der Waals surface area contributed by atoms with Gasteiger partial charge in [0.2, 0.25) is 5.91 Å². The lowest BCUT2D eigenvalue weighted by molar-refractivity contribution is -0.143. The zero-order valence-electron chi connectivity index (χ0n) is 13.2. The molecule has 0 saturated carbocycles. The van der Waals surface area contributed by atoms with E-state index in [1.165, 1.54) is 0 Å². The van der Waals surface area contributed by atoms with Crippen LogP contribution in [0.25, 0.3) is 0 Å². The molecule has 0 aliphatic heterocycles. The highest BCUT2D eigenvalue weighted by atomic mass is 127. The molecule has 0 unspecified atom stereocenters. The SMILES string of the molecule is COc1ccc(C[C@H](CC(=O)Nc2ccccc2I)C(=O)O)cc1. The lowest BCUT2D eigenvalue weighted by Gasteiger charge is -2.13. The van der Waals surface area contributed by atoms with Gasteiger partial charge in [-0.2, -0.15) is 0 Å².